The van der Waals surface area contributed by atoms with Gasteiger partial charge in [-0.1, -0.05) is 45.9 Å². The molecule has 0 aliphatic carbocycles. The fourth-order valence-corrected chi connectivity index (χ4v) is 2.59. The predicted molar refractivity (Wildman–Crippen MR) is 82.2 cm³/mol. The highest BCUT2D eigenvalue weighted by Gasteiger charge is 2.22. The first-order valence-corrected chi connectivity index (χ1v) is 7.21. The second-order valence-corrected chi connectivity index (χ2v) is 5.58. The van der Waals surface area contributed by atoms with Crippen LogP contribution in [0.1, 0.15) is 39.3 Å². The maximum absolute atomic E-state index is 4.29. The van der Waals surface area contributed by atoms with E-state index in [9.17, 15) is 0 Å². The Bertz CT molecular complexity index is 528. The van der Waals surface area contributed by atoms with Crippen LogP contribution in [0.4, 0.5) is 0 Å². The molecule has 1 aromatic carbocycles. The van der Waals surface area contributed by atoms with Gasteiger partial charge in [0.25, 0.3) is 0 Å². The quantitative estimate of drug-likeness (QED) is 0.868. The van der Waals surface area contributed by atoms with Gasteiger partial charge in [-0.15, -0.1) is 0 Å². The summed E-state index contributed by atoms with van der Waals surface area (Å²) in [6.45, 7) is 10.1. The van der Waals surface area contributed by atoms with Gasteiger partial charge in [-0.3, -0.25) is 4.98 Å². The van der Waals surface area contributed by atoms with Gasteiger partial charge in [-0.25, -0.2) is 0 Å². The molecule has 2 nitrogen and oxygen atoms in total. The summed E-state index contributed by atoms with van der Waals surface area (Å²) in [7, 11) is 0. The van der Waals surface area contributed by atoms with Crippen LogP contribution in [-0.2, 0) is 0 Å². The summed E-state index contributed by atoms with van der Waals surface area (Å²) in [4.78, 5) is 4.29. The van der Waals surface area contributed by atoms with Crippen molar-refractivity contribution in [3.63, 3.8) is 0 Å². The number of nitrogens with one attached hydrogen (secondary N) is 1. The molecule has 102 valence electrons. The van der Waals surface area contributed by atoms with Crippen LogP contribution < -0.4 is 5.32 Å². The molecule has 2 heteroatoms. The first-order valence-electron chi connectivity index (χ1n) is 7.21. The van der Waals surface area contributed by atoms with Crippen molar-refractivity contribution in [2.75, 3.05) is 6.54 Å². The van der Waals surface area contributed by atoms with Gasteiger partial charge >= 0.3 is 0 Å². The zero-order valence-electron chi connectivity index (χ0n) is 12.4. The monoisotopic (exact) mass is 256 g/mol. The fourth-order valence-electron chi connectivity index (χ4n) is 2.59. The van der Waals surface area contributed by atoms with Crippen LogP contribution in [0.3, 0.4) is 0 Å². The number of aromatic nitrogens is 1. The van der Waals surface area contributed by atoms with E-state index < -0.39 is 0 Å². The van der Waals surface area contributed by atoms with Crippen molar-refractivity contribution >= 4 is 10.8 Å². The number of pyridine rings is 1. The zero-order chi connectivity index (χ0) is 13.8. The normalized spacial score (nSPS) is 14.8. The van der Waals surface area contributed by atoms with Crippen LogP contribution in [0.25, 0.3) is 10.8 Å². The van der Waals surface area contributed by atoms with E-state index in [1.54, 1.807) is 0 Å². The molecule has 0 aliphatic rings. The second kappa shape index (κ2) is 6.16. The Morgan fingerprint density at radius 3 is 2.63 bits per heavy atom. The average Bonchev–Trinajstić information content (AvgIpc) is 2.43. The molecule has 19 heavy (non-hydrogen) atoms. The Labute approximate surface area is 116 Å². The largest absolute Gasteiger partial charge is 0.310 e. The van der Waals surface area contributed by atoms with Crippen LogP contribution in [0.15, 0.2) is 36.7 Å². The molecule has 2 rings (SSSR count). The standard InChI is InChI=1S/C17H24N2/c1-5-19-17(13(4)12(2)3)15-8-6-7-14-9-10-18-11-16(14)15/h6-13,17,19H,5H2,1-4H3. The molecule has 0 saturated carbocycles. The molecule has 1 N–H and O–H groups in total. The topological polar surface area (TPSA) is 24.9 Å². The van der Waals surface area contributed by atoms with Crippen molar-refractivity contribution in [3.05, 3.63) is 42.2 Å². The number of benzene rings is 1. The molecule has 0 aliphatic heterocycles. The first kappa shape index (κ1) is 14.0. The highest BCUT2D eigenvalue weighted by atomic mass is 14.9. The van der Waals surface area contributed by atoms with Gasteiger partial charge in [0.2, 0.25) is 0 Å². The summed E-state index contributed by atoms with van der Waals surface area (Å²) in [5.41, 5.74) is 1.37. The van der Waals surface area contributed by atoms with Crippen molar-refractivity contribution in [2.45, 2.75) is 33.7 Å². The molecule has 2 atom stereocenters. The SMILES string of the molecule is CCNC(c1cccc2ccncc12)C(C)C(C)C. The molecule has 0 amide bonds. The van der Waals surface area contributed by atoms with Gasteiger partial charge in [-0.05, 0) is 35.4 Å². The lowest BCUT2D eigenvalue weighted by Crippen LogP contribution is -2.29. The maximum atomic E-state index is 4.29. The van der Waals surface area contributed by atoms with Crippen LogP contribution in [0.5, 0.6) is 0 Å². The number of fused-ring (bicyclic) bond motifs is 1. The number of hydrogen-bond acceptors (Lipinski definition) is 2. The third-order valence-electron chi connectivity index (χ3n) is 4.05. The molecule has 0 spiro atoms. The maximum Gasteiger partial charge on any atom is 0.0355 e. The van der Waals surface area contributed by atoms with Crippen LogP contribution in [0.2, 0.25) is 0 Å². The van der Waals surface area contributed by atoms with Crippen LogP contribution in [-0.4, -0.2) is 11.5 Å². The Hall–Kier alpha value is -1.41. The van der Waals surface area contributed by atoms with Crippen LogP contribution >= 0.6 is 0 Å². The van der Waals surface area contributed by atoms with Crippen molar-refractivity contribution in [1.29, 1.82) is 0 Å². The first-order chi connectivity index (χ1) is 9.15. The summed E-state index contributed by atoms with van der Waals surface area (Å²) in [5.74, 6) is 1.24. The molecule has 0 bridgehead atoms. The van der Waals surface area contributed by atoms with Crippen molar-refractivity contribution in [3.8, 4) is 0 Å². The number of nitrogens with zero attached hydrogens (tertiary/aromatic N) is 1. The van der Waals surface area contributed by atoms with E-state index in [0.29, 0.717) is 17.9 Å². The van der Waals surface area contributed by atoms with E-state index in [-0.39, 0.29) is 0 Å². The Balaban J connectivity index is 2.49. The summed E-state index contributed by atoms with van der Waals surface area (Å²) >= 11 is 0. The smallest absolute Gasteiger partial charge is 0.0355 e. The summed E-state index contributed by atoms with van der Waals surface area (Å²) in [6.07, 6.45) is 3.85. The molecular weight excluding hydrogens is 232 g/mol. The lowest BCUT2D eigenvalue weighted by Gasteiger charge is -2.29. The Kier molecular flexibility index (Phi) is 4.54. The third-order valence-corrected chi connectivity index (χ3v) is 4.05. The molecule has 2 aromatic rings. The minimum atomic E-state index is 0.387. The van der Waals surface area contributed by atoms with E-state index in [1.807, 2.05) is 12.4 Å². The van der Waals surface area contributed by atoms with E-state index in [0.717, 1.165) is 6.54 Å². The summed E-state index contributed by atoms with van der Waals surface area (Å²) in [6, 6.07) is 9.01. The minimum Gasteiger partial charge on any atom is -0.310 e. The average molecular weight is 256 g/mol. The van der Waals surface area contributed by atoms with Gasteiger partial charge in [0, 0.05) is 23.8 Å². The molecule has 0 fully saturated rings. The second-order valence-electron chi connectivity index (χ2n) is 5.58. The molecule has 2 unspecified atom stereocenters. The molecule has 1 heterocycles. The van der Waals surface area contributed by atoms with Crippen molar-refractivity contribution in [2.24, 2.45) is 11.8 Å². The van der Waals surface area contributed by atoms with E-state index in [2.05, 4.69) is 62.3 Å². The van der Waals surface area contributed by atoms with Crippen molar-refractivity contribution in [1.82, 2.24) is 10.3 Å². The molecule has 1 aromatic heterocycles. The summed E-state index contributed by atoms with van der Waals surface area (Å²) < 4.78 is 0. The van der Waals surface area contributed by atoms with E-state index in [1.165, 1.54) is 16.3 Å². The highest BCUT2D eigenvalue weighted by molar-refractivity contribution is 5.85. The lowest BCUT2D eigenvalue weighted by atomic mass is 9.84. The Morgan fingerprint density at radius 1 is 1.16 bits per heavy atom. The number of rotatable bonds is 5. The molecule has 0 saturated heterocycles. The molecular formula is C17H24N2. The van der Waals surface area contributed by atoms with E-state index in [4.69, 9.17) is 0 Å². The number of hydrogen-bond donors (Lipinski definition) is 1. The van der Waals surface area contributed by atoms with E-state index >= 15 is 0 Å². The molecule has 0 radical (unpaired) electrons. The van der Waals surface area contributed by atoms with Gasteiger partial charge in [0.05, 0.1) is 0 Å². The van der Waals surface area contributed by atoms with Gasteiger partial charge in [0.1, 0.15) is 0 Å². The zero-order valence-corrected chi connectivity index (χ0v) is 12.4. The highest BCUT2D eigenvalue weighted by Crippen LogP contribution is 2.32. The predicted octanol–water partition coefficient (Wildman–Crippen LogP) is 4.18. The van der Waals surface area contributed by atoms with Gasteiger partial charge < -0.3 is 5.32 Å². The Morgan fingerprint density at radius 2 is 1.95 bits per heavy atom. The van der Waals surface area contributed by atoms with Crippen LogP contribution in [0, 0.1) is 11.8 Å². The fraction of sp³-hybridized carbons (Fsp3) is 0.471. The van der Waals surface area contributed by atoms with Gasteiger partial charge in [0.15, 0.2) is 0 Å². The third kappa shape index (κ3) is 2.95. The van der Waals surface area contributed by atoms with Gasteiger partial charge in [-0.2, -0.15) is 0 Å². The lowest BCUT2D eigenvalue weighted by molar-refractivity contribution is 0.309. The summed E-state index contributed by atoms with van der Waals surface area (Å²) in [5, 5.41) is 6.18. The van der Waals surface area contributed by atoms with Crippen molar-refractivity contribution < 1.29 is 0 Å². The minimum absolute atomic E-state index is 0.387.